The van der Waals surface area contributed by atoms with Gasteiger partial charge in [-0.15, -0.1) is 0 Å². The lowest BCUT2D eigenvalue weighted by Gasteiger charge is -2.22. The van der Waals surface area contributed by atoms with E-state index in [4.69, 9.17) is 0 Å². The number of nitrogens with zero attached hydrogens (tertiary/aromatic N) is 1. The molecule has 2 aromatic rings. The maximum atomic E-state index is 12.8. The summed E-state index contributed by atoms with van der Waals surface area (Å²) in [5.41, 5.74) is 2.67. The second kappa shape index (κ2) is 9.39. The summed E-state index contributed by atoms with van der Waals surface area (Å²) in [5, 5.41) is 0. The molecule has 147 valence electrons. The fourth-order valence-corrected chi connectivity index (χ4v) is 3.09. The molecular formula is C21H18F4NO2. The minimum absolute atomic E-state index is 0.173. The second-order valence-corrected chi connectivity index (χ2v) is 6.11. The molecule has 0 bridgehead atoms. The lowest BCUT2D eigenvalue weighted by atomic mass is 9.83. The lowest BCUT2D eigenvalue weighted by Crippen LogP contribution is -2.11. The minimum atomic E-state index is -3.16. The fourth-order valence-electron chi connectivity index (χ4n) is 3.09. The van der Waals surface area contributed by atoms with Gasteiger partial charge >= 0.3 is 13.2 Å². The van der Waals surface area contributed by atoms with Crippen LogP contribution in [0.1, 0.15) is 23.5 Å². The summed E-state index contributed by atoms with van der Waals surface area (Å²) in [4.78, 5) is 4.00. The van der Waals surface area contributed by atoms with Crippen molar-refractivity contribution in [3.63, 3.8) is 0 Å². The number of hydrogen-bond donors (Lipinski definition) is 0. The van der Waals surface area contributed by atoms with E-state index in [0.29, 0.717) is 12.0 Å². The van der Waals surface area contributed by atoms with Crippen LogP contribution < -0.4 is 9.47 Å². The highest BCUT2D eigenvalue weighted by Gasteiger charge is 2.21. The third kappa shape index (κ3) is 5.34. The molecule has 0 aliphatic heterocycles. The first-order valence-corrected chi connectivity index (χ1v) is 8.65. The number of ether oxygens (including phenoxy) is 2. The molecule has 1 radical (unpaired) electrons. The highest BCUT2D eigenvalue weighted by Crippen LogP contribution is 2.38. The summed E-state index contributed by atoms with van der Waals surface area (Å²) in [6.45, 7) is -6.30. The lowest BCUT2D eigenvalue weighted by molar-refractivity contribution is -0.0692. The molecular weight excluding hydrogens is 374 g/mol. The zero-order valence-corrected chi connectivity index (χ0v) is 14.8. The number of hydrogen-bond acceptors (Lipinski definition) is 3. The standard InChI is InChI=1S/C21H18F4NO2/c22-20(23)27-18-7-6-16(13-19(18)28-21(24)25)17(15-4-2-1-3-5-15)12-14-8-10-26-11-9-14/h1-2,4-11,13,17,20-21H,3,12H2. The van der Waals surface area contributed by atoms with Gasteiger partial charge in [-0.05, 0) is 60.2 Å². The third-order valence-electron chi connectivity index (χ3n) is 4.31. The maximum Gasteiger partial charge on any atom is 0.387 e. The van der Waals surface area contributed by atoms with Crippen molar-refractivity contribution in [2.75, 3.05) is 0 Å². The largest absolute Gasteiger partial charge is 0.431 e. The van der Waals surface area contributed by atoms with Gasteiger partial charge in [0.05, 0.1) is 0 Å². The van der Waals surface area contributed by atoms with Crippen molar-refractivity contribution < 1.29 is 27.0 Å². The highest BCUT2D eigenvalue weighted by molar-refractivity contribution is 5.48. The number of halogens is 4. The normalized spacial score (nSPS) is 14.9. The van der Waals surface area contributed by atoms with Gasteiger partial charge in [0.2, 0.25) is 0 Å². The number of aromatic nitrogens is 1. The summed E-state index contributed by atoms with van der Waals surface area (Å²) >= 11 is 0. The van der Waals surface area contributed by atoms with Crippen molar-refractivity contribution in [2.24, 2.45) is 0 Å². The quantitative estimate of drug-likeness (QED) is 0.540. The van der Waals surface area contributed by atoms with Crippen LogP contribution in [0.2, 0.25) is 0 Å². The van der Waals surface area contributed by atoms with E-state index in [1.807, 2.05) is 36.8 Å². The third-order valence-corrected chi connectivity index (χ3v) is 4.31. The minimum Gasteiger partial charge on any atom is -0.431 e. The van der Waals surface area contributed by atoms with Crippen LogP contribution in [0.3, 0.4) is 0 Å². The van der Waals surface area contributed by atoms with Crippen molar-refractivity contribution in [3.05, 3.63) is 84.1 Å². The Hall–Kier alpha value is -2.83. The molecule has 0 saturated heterocycles. The Morgan fingerprint density at radius 1 is 0.929 bits per heavy atom. The molecule has 1 aromatic heterocycles. The number of allylic oxidation sites excluding steroid dienone is 4. The molecule has 28 heavy (non-hydrogen) atoms. The van der Waals surface area contributed by atoms with Gasteiger partial charge in [0, 0.05) is 18.3 Å². The average Bonchev–Trinajstić information content (AvgIpc) is 2.68. The molecule has 1 heterocycles. The molecule has 1 aliphatic carbocycles. The average molecular weight is 392 g/mol. The van der Waals surface area contributed by atoms with Gasteiger partial charge in [-0.2, -0.15) is 17.6 Å². The Bertz CT molecular complexity index is 838. The number of pyridine rings is 1. The summed E-state index contributed by atoms with van der Waals surface area (Å²) in [5.74, 6) is -1.02. The number of benzene rings is 1. The summed E-state index contributed by atoms with van der Waals surface area (Å²) < 4.78 is 59.5. The molecule has 1 atom stereocenters. The fraction of sp³-hybridized carbons (Fsp3) is 0.238. The van der Waals surface area contributed by atoms with Gasteiger partial charge in [-0.3, -0.25) is 4.98 Å². The van der Waals surface area contributed by atoms with Crippen molar-refractivity contribution >= 4 is 0 Å². The molecule has 7 heteroatoms. The smallest absolute Gasteiger partial charge is 0.387 e. The highest BCUT2D eigenvalue weighted by atomic mass is 19.3. The van der Waals surface area contributed by atoms with Crippen molar-refractivity contribution in [1.82, 2.24) is 4.98 Å². The molecule has 0 saturated carbocycles. The Morgan fingerprint density at radius 2 is 1.64 bits per heavy atom. The van der Waals surface area contributed by atoms with Gasteiger partial charge in [0.1, 0.15) is 0 Å². The SMILES string of the molecule is FC(F)Oc1ccc(C(Cc2ccncc2)C2=CC[CH]C=C2)cc1OC(F)F. The Balaban J connectivity index is 1.98. The topological polar surface area (TPSA) is 31.4 Å². The van der Waals surface area contributed by atoms with Crippen LogP contribution >= 0.6 is 0 Å². The molecule has 3 nitrogen and oxygen atoms in total. The first-order valence-electron chi connectivity index (χ1n) is 8.65. The zero-order valence-electron chi connectivity index (χ0n) is 14.8. The van der Waals surface area contributed by atoms with Gasteiger partial charge < -0.3 is 9.47 Å². The van der Waals surface area contributed by atoms with Crippen LogP contribution in [0, 0.1) is 6.42 Å². The Morgan fingerprint density at radius 3 is 2.29 bits per heavy atom. The first-order chi connectivity index (χ1) is 13.5. The summed E-state index contributed by atoms with van der Waals surface area (Å²) in [6.07, 6.45) is 12.6. The maximum absolute atomic E-state index is 12.8. The van der Waals surface area contributed by atoms with E-state index in [0.717, 1.165) is 17.6 Å². The predicted molar refractivity (Wildman–Crippen MR) is 96.5 cm³/mol. The van der Waals surface area contributed by atoms with Crippen LogP contribution in [0.15, 0.2) is 66.5 Å². The van der Waals surface area contributed by atoms with Crippen LogP contribution in [0.25, 0.3) is 0 Å². The van der Waals surface area contributed by atoms with Crippen LogP contribution in [0.4, 0.5) is 17.6 Å². The molecule has 1 unspecified atom stereocenters. The number of alkyl halides is 4. The molecule has 1 aliphatic rings. The van der Waals surface area contributed by atoms with Gasteiger partial charge in [0.25, 0.3) is 0 Å². The van der Waals surface area contributed by atoms with E-state index in [2.05, 4.69) is 14.5 Å². The molecule has 0 spiro atoms. The van der Waals surface area contributed by atoms with E-state index in [-0.39, 0.29) is 5.92 Å². The Labute approximate surface area is 160 Å². The van der Waals surface area contributed by atoms with E-state index in [1.165, 1.54) is 12.1 Å². The molecule has 0 N–H and O–H groups in total. The molecule has 3 rings (SSSR count). The second-order valence-electron chi connectivity index (χ2n) is 6.11. The van der Waals surface area contributed by atoms with Gasteiger partial charge in [-0.1, -0.05) is 24.3 Å². The first kappa shape index (κ1) is 19.9. The van der Waals surface area contributed by atoms with Gasteiger partial charge in [0.15, 0.2) is 11.5 Å². The molecule has 0 amide bonds. The monoisotopic (exact) mass is 392 g/mol. The van der Waals surface area contributed by atoms with Crippen LogP contribution in [-0.4, -0.2) is 18.2 Å². The zero-order chi connectivity index (χ0) is 19.9. The van der Waals surface area contributed by atoms with E-state index in [9.17, 15) is 17.6 Å². The molecule has 0 fully saturated rings. The van der Waals surface area contributed by atoms with E-state index in [1.54, 1.807) is 18.5 Å². The molecule has 1 aromatic carbocycles. The summed E-state index contributed by atoms with van der Waals surface area (Å²) in [7, 11) is 0. The number of rotatable bonds is 8. The summed E-state index contributed by atoms with van der Waals surface area (Å²) in [6, 6.07) is 7.91. The van der Waals surface area contributed by atoms with E-state index < -0.39 is 24.7 Å². The van der Waals surface area contributed by atoms with Gasteiger partial charge in [-0.25, -0.2) is 0 Å². The Kier molecular flexibility index (Phi) is 6.68. The predicted octanol–water partition coefficient (Wildman–Crippen LogP) is 5.70. The van der Waals surface area contributed by atoms with E-state index >= 15 is 0 Å². The van der Waals surface area contributed by atoms with Crippen molar-refractivity contribution in [2.45, 2.75) is 32.0 Å². The van der Waals surface area contributed by atoms with Crippen LogP contribution in [0.5, 0.6) is 11.5 Å². The van der Waals surface area contributed by atoms with Crippen molar-refractivity contribution in [1.29, 1.82) is 0 Å². The van der Waals surface area contributed by atoms with Crippen LogP contribution in [-0.2, 0) is 6.42 Å². The van der Waals surface area contributed by atoms with Crippen molar-refractivity contribution in [3.8, 4) is 11.5 Å².